The predicted molar refractivity (Wildman–Crippen MR) is 75.8 cm³/mol. The standard InChI is InChI=1S/C14H19N3O3/c1-10-5-4-7-12(17(19)20)13(10)14(18)16-11-6-2-3-8-15-9-11/h4-5,7,11,15H,2-3,6,8-9H2,1H3,(H,16,18). The molecule has 20 heavy (non-hydrogen) atoms. The summed E-state index contributed by atoms with van der Waals surface area (Å²) in [5.74, 6) is -0.358. The van der Waals surface area contributed by atoms with Crippen molar-refractivity contribution in [3.63, 3.8) is 0 Å². The van der Waals surface area contributed by atoms with Crippen molar-refractivity contribution in [3.05, 3.63) is 39.4 Å². The first-order valence-corrected chi connectivity index (χ1v) is 6.85. The Bertz CT molecular complexity index is 508. The fourth-order valence-corrected chi connectivity index (χ4v) is 2.50. The average molecular weight is 277 g/mol. The number of nitro groups is 1. The van der Waals surface area contributed by atoms with Crippen LogP contribution in [0.3, 0.4) is 0 Å². The van der Waals surface area contributed by atoms with Crippen molar-refractivity contribution >= 4 is 11.6 Å². The van der Waals surface area contributed by atoms with E-state index in [4.69, 9.17) is 0 Å². The van der Waals surface area contributed by atoms with Gasteiger partial charge in [0.2, 0.25) is 0 Å². The molecule has 0 bridgehead atoms. The van der Waals surface area contributed by atoms with Crippen LogP contribution in [0.1, 0.15) is 35.2 Å². The fraction of sp³-hybridized carbons (Fsp3) is 0.500. The number of nitrogens with zero attached hydrogens (tertiary/aromatic N) is 1. The van der Waals surface area contributed by atoms with Crippen LogP contribution in [0.4, 0.5) is 5.69 Å². The van der Waals surface area contributed by atoms with E-state index in [1.807, 2.05) is 0 Å². The zero-order chi connectivity index (χ0) is 14.5. The summed E-state index contributed by atoms with van der Waals surface area (Å²) in [5.41, 5.74) is 0.657. The summed E-state index contributed by atoms with van der Waals surface area (Å²) in [5, 5.41) is 17.2. The van der Waals surface area contributed by atoms with E-state index in [0.29, 0.717) is 12.1 Å². The Morgan fingerprint density at radius 3 is 3.00 bits per heavy atom. The van der Waals surface area contributed by atoms with Gasteiger partial charge in [0, 0.05) is 18.7 Å². The lowest BCUT2D eigenvalue weighted by Gasteiger charge is -2.17. The Morgan fingerprint density at radius 2 is 2.25 bits per heavy atom. The number of hydrogen-bond donors (Lipinski definition) is 2. The Balaban J connectivity index is 2.18. The third-order valence-electron chi connectivity index (χ3n) is 3.56. The molecule has 6 heteroatoms. The monoisotopic (exact) mass is 277 g/mol. The van der Waals surface area contributed by atoms with E-state index < -0.39 is 4.92 Å². The smallest absolute Gasteiger partial charge is 0.282 e. The van der Waals surface area contributed by atoms with Crippen LogP contribution in [0.2, 0.25) is 0 Å². The Morgan fingerprint density at radius 1 is 1.45 bits per heavy atom. The van der Waals surface area contributed by atoms with Crippen molar-refractivity contribution < 1.29 is 9.72 Å². The predicted octanol–water partition coefficient (Wildman–Crippen LogP) is 1.78. The van der Waals surface area contributed by atoms with Crippen LogP contribution in [0.25, 0.3) is 0 Å². The third kappa shape index (κ3) is 3.33. The molecule has 1 saturated heterocycles. The maximum atomic E-state index is 12.3. The minimum Gasteiger partial charge on any atom is -0.348 e. The third-order valence-corrected chi connectivity index (χ3v) is 3.56. The summed E-state index contributed by atoms with van der Waals surface area (Å²) < 4.78 is 0. The topological polar surface area (TPSA) is 84.3 Å². The molecule has 1 unspecified atom stereocenters. The molecule has 108 valence electrons. The number of rotatable bonds is 3. The molecule has 2 rings (SSSR count). The molecule has 6 nitrogen and oxygen atoms in total. The molecule has 0 spiro atoms. The molecule has 1 aromatic rings. The van der Waals surface area contributed by atoms with Crippen molar-refractivity contribution in [2.45, 2.75) is 32.2 Å². The average Bonchev–Trinajstić information content (AvgIpc) is 2.66. The molecule has 1 aromatic carbocycles. The molecule has 1 heterocycles. The van der Waals surface area contributed by atoms with Gasteiger partial charge >= 0.3 is 0 Å². The van der Waals surface area contributed by atoms with Crippen LogP contribution in [0, 0.1) is 17.0 Å². The second kappa shape index (κ2) is 6.47. The number of hydrogen-bond acceptors (Lipinski definition) is 4. The van der Waals surface area contributed by atoms with E-state index >= 15 is 0 Å². The van der Waals surface area contributed by atoms with E-state index in [1.54, 1.807) is 19.1 Å². The van der Waals surface area contributed by atoms with Gasteiger partial charge in [-0.05, 0) is 31.9 Å². The van der Waals surface area contributed by atoms with E-state index in [0.717, 1.165) is 25.8 Å². The highest BCUT2D eigenvalue weighted by molar-refractivity contribution is 5.99. The number of amides is 1. The summed E-state index contributed by atoms with van der Waals surface area (Å²) in [6, 6.07) is 4.71. The number of benzene rings is 1. The molecule has 1 amide bonds. The summed E-state index contributed by atoms with van der Waals surface area (Å²) in [4.78, 5) is 22.9. The van der Waals surface area contributed by atoms with Gasteiger partial charge in [0.1, 0.15) is 5.56 Å². The Kier molecular flexibility index (Phi) is 4.68. The van der Waals surface area contributed by atoms with Crippen LogP contribution >= 0.6 is 0 Å². The minimum atomic E-state index is -0.507. The van der Waals surface area contributed by atoms with Crippen molar-refractivity contribution in [1.82, 2.24) is 10.6 Å². The second-order valence-electron chi connectivity index (χ2n) is 5.10. The maximum Gasteiger partial charge on any atom is 0.282 e. The molecule has 1 fully saturated rings. The number of aryl methyl sites for hydroxylation is 1. The highest BCUT2D eigenvalue weighted by Crippen LogP contribution is 2.22. The number of carbonyl (C=O) groups excluding carboxylic acids is 1. The van der Waals surface area contributed by atoms with Gasteiger partial charge in [-0.25, -0.2) is 0 Å². The highest BCUT2D eigenvalue weighted by Gasteiger charge is 2.24. The first-order chi connectivity index (χ1) is 9.59. The van der Waals surface area contributed by atoms with Crippen LogP contribution < -0.4 is 10.6 Å². The lowest BCUT2D eigenvalue weighted by Crippen LogP contribution is -2.41. The molecule has 0 saturated carbocycles. The van der Waals surface area contributed by atoms with E-state index in [9.17, 15) is 14.9 Å². The molecule has 1 aliphatic heterocycles. The Hall–Kier alpha value is -1.95. The van der Waals surface area contributed by atoms with Crippen molar-refractivity contribution in [1.29, 1.82) is 0 Å². The zero-order valence-corrected chi connectivity index (χ0v) is 11.5. The molecule has 1 aliphatic rings. The first-order valence-electron chi connectivity index (χ1n) is 6.85. The summed E-state index contributed by atoms with van der Waals surface area (Å²) in [6.07, 6.45) is 3.04. The molecule has 0 aromatic heterocycles. The van der Waals surface area contributed by atoms with Gasteiger partial charge in [-0.3, -0.25) is 14.9 Å². The largest absolute Gasteiger partial charge is 0.348 e. The first kappa shape index (κ1) is 14.5. The van der Waals surface area contributed by atoms with Crippen LogP contribution in [0.5, 0.6) is 0 Å². The van der Waals surface area contributed by atoms with Crippen LogP contribution in [0.15, 0.2) is 18.2 Å². The minimum absolute atomic E-state index is 0.0317. The normalized spacial score (nSPS) is 19.1. The van der Waals surface area contributed by atoms with Gasteiger partial charge in [-0.2, -0.15) is 0 Å². The van der Waals surface area contributed by atoms with Crippen molar-refractivity contribution in [2.75, 3.05) is 13.1 Å². The van der Waals surface area contributed by atoms with Gasteiger partial charge in [-0.1, -0.05) is 18.6 Å². The van der Waals surface area contributed by atoms with Crippen LogP contribution in [-0.2, 0) is 0 Å². The lowest BCUT2D eigenvalue weighted by molar-refractivity contribution is -0.385. The summed E-state index contributed by atoms with van der Waals surface area (Å²) in [7, 11) is 0. The van der Waals surface area contributed by atoms with Crippen molar-refractivity contribution in [3.8, 4) is 0 Å². The lowest BCUT2D eigenvalue weighted by atomic mass is 10.0. The molecular weight excluding hydrogens is 258 g/mol. The quantitative estimate of drug-likeness (QED) is 0.651. The maximum absolute atomic E-state index is 12.3. The molecule has 0 radical (unpaired) electrons. The molecule has 2 N–H and O–H groups in total. The zero-order valence-electron chi connectivity index (χ0n) is 11.5. The summed E-state index contributed by atoms with van der Waals surface area (Å²) in [6.45, 7) is 3.38. The number of carbonyl (C=O) groups is 1. The van der Waals surface area contributed by atoms with Gasteiger partial charge in [0.25, 0.3) is 11.6 Å². The molecule has 0 aliphatic carbocycles. The number of nitrogens with one attached hydrogen (secondary N) is 2. The second-order valence-corrected chi connectivity index (χ2v) is 5.10. The molecular formula is C14H19N3O3. The number of nitro benzene ring substituents is 1. The fourth-order valence-electron chi connectivity index (χ4n) is 2.50. The van der Waals surface area contributed by atoms with Crippen LogP contribution in [-0.4, -0.2) is 30.0 Å². The van der Waals surface area contributed by atoms with E-state index in [2.05, 4.69) is 10.6 Å². The Labute approximate surface area is 117 Å². The van der Waals surface area contributed by atoms with Gasteiger partial charge in [0.05, 0.1) is 4.92 Å². The van der Waals surface area contributed by atoms with E-state index in [-0.39, 0.29) is 23.2 Å². The van der Waals surface area contributed by atoms with Gasteiger partial charge in [-0.15, -0.1) is 0 Å². The molecule has 1 atom stereocenters. The summed E-state index contributed by atoms with van der Waals surface area (Å²) >= 11 is 0. The van der Waals surface area contributed by atoms with Gasteiger partial charge in [0.15, 0.2) is 0 Å². The van der Waals surface area contributed by atoms with Crippen molar-refractivity contribution in [2.24, 2.45) is 0 Å². The highest BCUT2D eigenvalue weighted by atomic mass is 16.6. The SMILES string of the molecule is Cc1cccc([N+](=O)[O-])c1C(=O)NC1CCCCNC1. The van der Waals surface area contributed by atoms with E-state index in [1.165, 1.54) is 6.07 Å². The van der Waals surface area contributed by atoms with Gasteiger partial charge < -0.3 is 10.6 Å².